The fourth-order valence-electron chi connectivity index (χ4n) is 1.35. The predicted molar refractivity (Wildman–Crippen MR) is 56.3 cm³/mol. The summed E-state index contributed by atoms with van der Waals surface area (Å²) >= 11 is 1.35. The third kappa shape index (κ3) is 2.04. The standard InChI is InChI=1S/C8H10FN3O3S/c9-4-1-12(8(14)11-7(4)10)5-3-16-6(2-13)15-5/h1,5-6,13H,2-3H2,(H2,10,11,14)/t5-,6?/m1/s1. The zero-order valence-corrected chi connectivity index (χ0v) is 8.98. The normalized spacial score (nSPS) is 24.9. The van der Waals surface area contributed by atoms with Crippen LogP contribution >= 0.6 is 11.8 Å². The maximum atomic E-state index is 13.1. The minimum absolute atomic E-state index is 0.152. The molecule has 1 unspecified atom stereocenters. The lowest BCUT2D eigenvalue weighted by molar-refractivity contribution is -0.00677. The Kier molecular flexibility index (Phi) is 3.13. The van der Waals surface area contributed by atoms with Gasteiger partial charge < -0.3 is 15.6 Å². The van der Waals surface area contributed by atoms with Gasteiger partial charge in [0, 0.05) is 5.75 Å². The molecule has 2 heterocycles. The average Bonchev–Trinajstić information content (AvgIpc) is 2.71. The summed E-state index contributed by atoms with van der Waals surface area (Å²) in [6.07, 6.45) is 0.354. The van der Waals surface area contributed by atoms with Crippen molar-refractivity contribution in [1.29, 1.82) is 0 Å². The van der Waals surface area contributed by atoms with Crippen LogP contribution in [0.2, 0.25) is 0 Å². The number of rotatable bonds is 2. The highest BCUT2D eigenvalue weighted by Crippen LogP contribution is 2.30. The Labute approximate surface area is 94.2 Å². The van der Waals surface area contributed by atoms with Gasteiger partial charge in [-0.1, -0.05) is 0 Å². The van der Waals surface area contributed by atoms with Gasteiger partial charge in [0.1, 0.15) is 11.7 Å². The number of aliphatic hydroxyl groups is 1. The summed E-state index contributed by atoms with van der Waals surface area (Å²) < 4.78 is 19.5. The number of hydrogen-bond donors (Lipinski definition) is 2. The first-order chi connectivity index (χ1) is 7.61. The van der Waals surface area contributed by atoms with Crippen LogP contribution < -0.4 is 11.4 Å². The molecule has 0 radical (unpaired) electrons. The molecule has 1 aliphatic rings. The lowest BCUT2D eigenvalue weighted by atomic mass is 10.5. The highest BCUT2D eigenvalue weighted by molar-refractivity contribution is 8.00. The second-order valence-corrected chi connectivity index (χ2v) is 4.39. The molecule has 0 aromatic carbocycles. The topological polar surface area (TPSA) is 90.4 Å². The molecule has 1 aliphatic heterocycles. The second kappa shape index (κ2) is 4.40. The largest absolute Gasteiger partial charge is 0.393 e. The Morgan fingerprint density at radius 2 is 2.56 bits per heavy atom. The molecule has 0 amide bonds. The quantitative estimate of drug-likeness (QED) is 0.735. The van der Waals surface area contributed by atoms with Crippen LogP contribution in [0.3, 0.4) is 0 Å². The molecule has 6 nitrogen and oxygen atoms in total. The molecule has 2 rings (SSSR count). The Hall–Kier alpha value is -1.12. The third-order valence-corrected chi connectivity index (χ3v) is 3.24. The zero-order valence-electron chi connectivity index (χ0n) is 8.17. The Balaban J connectivity index is 2.28. The molecular formula is C8H10FN3O3S. The average molecular weight is 247 g/mol. The number of aliphatic hydroxyl groups excluding tert-OH is 1. The Morgan fingerprint density at radius 3 is 3.19 bits per heavy atom. The summed E-state index contributed by atoms with van der Waals surface area (Å²) in [6.45, 7) is -0.152. The van der Waals surface area contributed by atoms with Gasteiger partial charge in [0.2, 0.25) is 0 Å². The van der Waals surface area contributed by atoms with E-state index in [0.717, 1.165) is 10.8 Å². The molecular weight excluding hydrogens is 237 g/mol. The number of nitrogen functional groups attached to an aromatic ring is 1. The number of aromatic nitrogens is 2. The zero-order chi connectivity index (χ0) is 11.7. The third-order valence-electron chi connectivity index (χ3n) is 2.13. The summed E-state index contributed by atoms with van der Waals surface area (Å²) in [6, 6.07) is 0. The molecule has 1 aromatic heterocycles. The lowest BCUT2D eigenvalue weighted by Crippen LogP contribution is -2.29. The van der Waals surface area contributed by atoms with E-state index in [9.17, 15) is 9.18 Å². The van der Waals surface area contributed by atoms with Crippen LogP contribution in [0.4, 0.5) is 10.2 Å². The van der Waals surface area contributed by atoms with Gasteiger partial charge in [0.05, 0.1) is 12.8 Å². The predicted octanol–water partition coefficient (Wildman–Crippen LogP) is -0.455. The van der Waals surface area contributed by atoms with Crippen LogP contribution in [0.5, 0.6) is 0 Å². The number of halogens is 1. The van der Waals surface area contributed by atoms with Crippen LogP contribution in [0.25, 0.3) is 0 Å². The molecule has 0 aliphatic carbocycles. The molecule has 1 saturated heterocycles. The van der Waals surface area contributed by atoms with Gasteiger partial charge in [-0.05, 0) is 0 Å². The van der Waals surface area contributed by atoms with E-state index in [1.807, 2.05) is 0 Å². The smallest absolute Gasteiger partial charge is 0.351 e. The van der Waals surface area contributed by atoms with Crippen molar-refractivity contribution in [3.8, 4) is 0 Å². The fraction of sp³-hybridized carbons (Fsp3) is 0.500. The number of thioether (sulfide) groups is 1. The molecule has 8 heteroatoms. The maximum absolute atomic E-state index is 13.1. The monoisotopic (exact) mass is 247 g/mol. The van der Waals surface area contributed by atoms with E-state index in [1.54, 1.807) is 0 Å². The maximum Gasteiger partial charge on any atom is 0.351 e. The fourth-order valence-corrected chi connectivity index (χ4v) is 2.28. The minimum atomic E-state index is -0.763. The lowest BCUT2D eigenvalue weighted by Gasteiger charge is -2.13. The first kappa shape index (κ1) is 11.4. The highest BCUT2D eigenvalue weighted by atomic mass is 32.2. The number of nitrogens with zero attached hydrogens (tertiary/aromatic N) is 2. The van der Waals surface area contributed by atoms with Crippen LogP contribution in [0.1, 0.15) is 6.23 Å². The van der Waals surface area contributed by atoms with Crippen LogP contribution in [-0.4, -0.2) is 32.5 Å². The Morgan fingerprint density at radius 1 is 1.81 bits per heavy atom. The van der Waals surface area contributed by atoms with E-state index >= 15 is 0 Å². The van der Waals surface area contributed by atoms with Crippen molar-refractivity contribution in [3.63, 3.8) is 0 Å². The molecule has 2 atom stereocenters. The van der Waals surface area contributed by atoms with Gasteiger partial charge in [-0.2, -0.15) is 4.98 Å². The van der Waals surface area contributed by atoms with Crippen molar-refractivity contribution in [2.45, 2.75) is 11.7 Å². The molecule has 1 fully saturated rings. The molecule has 88 valence electrons. The summed E-state index contributed by atoms with van der Waals surface area (Å²) in [4.78, 5) is 14.8. The first-order valence-electron chi connectivity index (χ1n) is 4.54. The first-order valence-corrected chi connectivity index (χ1v) is 5.58. The van der Waals surface area contributed by atoms with Gasteiger partial charge in [-0.3, -0.25) is 4.57 Å². The van der Waals surface area contributed by atoms with Crippen molar-refractivity contribution in [2.75, 3.05) is 18.1 Å². The summed E-state index contributed by atoms with van der Waals surface area (Å²) in [7, 11) is 0. The summed E-state index contributed by atoms with van der Waals surface area (Å²) in [5.74, 6) is -0.734. The number of nitrogens with two attached hydrogens (primary N) is 1. The van der Waals surface area contributed by atoms with E-state index in [1.165, 1.54) is 11.8 Å². The second-order valence-electron chi connectivity index (χ2n) is 3.20. The van der Waals surface area contributed by atoms with Crippen molar-refractivity contribution in [2.24, 2.45) is 0 Å². The molecule has 0 bridgehead atoms. The van der Waals surface area contributed by atoms with Crippen LogP contribution in [0.15, 0.2) is 11.0 Å². The molecule has 0 saturated carbocycles. The minimum Gasteiger partial charge on any atom is -0.393 e. The highest BCUT2D eigenvalue weighted by Gasteiger charge is 2.27. The van der Waals surface area contributed by atoms with Crippen molar-refractivity contribution in [3.05, 3.63) is 22.5 Å². The SMILES string of the molecule is Nc1nc(=O)n([C@H]2CSC(CO)O2)cc1F. The Bertz CT molecular complexity index is 453. The van der Waals surface area contributed by atoms with E-state index in [2.05, 4.69) is 4.98 Å². The van der Waals surface area contributed by atoms with E-state index in [-0.39, 0.29) is 6.61 Å². The van der Waals surface area contributed by atoms with E-state index in [4.69, 9.17) is 15.6 Å². The van der Waals surface area contributed by atoms with Gasteiger partial charge in [-0.15, -0.1) is 11.8 Å². The molecule has 0 spiro atoms. The number of hydrogen-bond acceptors (Lipinski definition) is 6. The number of ether oxygens (including phenoxy) is 1. The van der Waals surface area contributed by atoms with Crippen LogP contribution in [0, 0.1) is 5.82 Å². The molecule has 16 heavy (non-hydrogen) atoms. The van der Waals surface area contributed by atoms with Crippen molar-refractivity contribution >= 4 is 17.6 Å². The van der Waals surface area contributed by atoms with Crippen molar-refractivity contribution in [1.82, 2.24) is 9.55 Å². The van der Waals surface area contributed by atoms with Crippen molar-refractivity contribution < 1.29 is 14.2 Å². The van der Waals surface area contributed by atoms with Gasteiger partial charge in [0.15, 0.2) is 11.6 Å². The summed E-state index contributed by atoms with van der Waals surface area (Å²) in [5, 5.41) is 8.86. The van der Waals surface area contributed by atoms with Crippen LogP contribution in [-0.2, 0) is 4.74 Å². The molecule has 1 aromatic rings. The van der Waals surface area contributed by atoms with Gasteiger partial charge in [-0.25, -0.2) is 9.18 Å². The van der Waals surface area contributed by atoms with E-state index < -0.39 is 29.0 Å². The summed E-state index contributed by atoms with van der Waals surface area (Å²) in [5.41, 5.74) is 4.10. The number of anilines is 1. The van der Waals surface area contributed by atoms with Gasteiger partial charge >= 0.3 is 5.69 Å². The van der Waals surface area contributed by atoms with E-state index in [0.29, 0.717) is 5.75 Å². The van der Waals surface area contributed by atoms with Gasteiger partial charge in [0.25, 0.3) is 0 Å². The molecule has 3 N–H and O–H groups in total.